The van der Waals surface area contributed by atoms with Crippen molar-refractivity contribution in [3.8, 4) is 5.75 Å². The molecule has 0 bridgehead atoms. The molecule has 0 aliphatic heterocycles. The van der Waals surface area contributed by atoms with Gasteiger partial charge in [0.05, 0.1) is 0 Å². The molecule has 0 radical (unpaired) electrons. The van der Waals surface area contributed by atoms with Gasteiger partial charge in [0.2, 0.25) is 0 Å². The zero-order valence-electron chi connectivity index (χ0n) is 14.2. The van der Waals surface area contributed by atoms with Crippen LogP contribution in [-0.4, -0.2) is 35.8 Å². The van der Waals surface area contributed by atoms with E-state index >= 15 is 0 Å². The van der Waals surface area contributed by atoms with Gasteiger partial charge >= 0.3 is 0 Å². The minimum atomic E-state index is -0.264. The molecule has 1 aromatic carbocycles. The highest BCUT2D eigenvalue weighted by molar-refractivity contribution is 5.90. The van der Waals surface area contributed by atoms with Crippen LogP contribution in [0.2, 0.25) is 0 Å². The monoisotopic (exact) mass is 328 g/mol. The van der Waals surface area contributed by atoms with Crippen molar-refractivity contribution in [2.24, 2.45) is 0 Å². The van der Waals surface area contributed by atoms with Crippen molar-refractivity contribution in [2.45, 2.75) is 26.7 Å². The Hall–Kier alpha value is -2.63. The Morgan fingerprint density at radius 3 is 2.33 bits per heavy atom. The van der Waals surface area contributed by atoms with Gasteiger partial charge < -0.3 is 15.0 Å². The Labute approximate surface area is 142 Å². The fraction of sp³-hybridized carbons (Fsp3) is 0.389. The van der Waals surface area contributed by atoms with Gasteiger partial charge in [-0.3, -0.25) is 4.79 Å². The van der Waals surface area contributed by atoms with E-state index in [1.807, 2.05) is 24.3 Å². The predicted octanol–water partition coefficient (Wildman–Crippen LogP) is 3.12. The van der Waals surface area contributed by atoms with Crippen LogP contribution in [0.15, 0.2) is 42.5 Å². The molecule has 2 rings (SSSR count). The molecule has 128 valence electrons. The topological polar surface area (TPSA) is 67.4 Å². The molecule has 6 heteroatoms. The summed E-state index contributed by atoms with van der Waals surface area (Å²) in [5.41, 5.74) is 0. The second-order valence-electron chi connectivity index (χ2n) is 5.41. The third-order valence-corrected chi connectivity index (χ3v) is 3.34. The number of ether oxygens (including phenoxy) is 1. The molecule has 0 saturated carbocycles. The number of hydrogen-bond acceptors (Lipinski definition) is 5. The first-order valence-electron chi connectivity index (χ1n) is 8.29. The number of benzene rings is 1. The SMILES string of the molecule is CCCN(CCC)c1ccc(NC(=O)COc2ccccc2)nn1. The van der Waals surface area contributed by atoms with Gasteiger partial charge in [0.25, 0.3) is 5.91 Å². The normalized spacial score (nSPS) is 10.2. The largest absolute Gasteiger partial charge is 0.484 e. The molecule has 0 atom stereocenters. The van der Waals surface area contributed by atoms with Gasteiger partial charge in [-0.05, 0) is 37.1 Å². The number of amides is 1. The standard InChI is InChI=1S/C18H24N4O2/c1-3-12-22(13-4-2)17-11-10-16(20-21-17)19-18(23)14-24-15-8-6-5-7-9-15/h5-11H,3-4,12-14H2,1-2H3,(H,19,20,23). The van der Waals surface area contributed by atoms with Crippen LogP contribution < -0.4 is 15.0 Å². The molecule has 1 N–H and O–H groups in total. The number of rotatable bonds is 9. The molecule has 0 spiro atoms. The highest BCUT2D eigenvalue weighted by Gasteiger charge is 2.09. The lowest BCUT2D eigenvalue weighted by Gasteiger charge is -2.21. The van der Waals surface area contributed by atoms with Crippen LogP contribution in [0.5, 0.6) is 5.75 Å². The molecular weight excluding hydrogens is 304 g/mol. The van der Waals surface area contributed by atoms with Crippen molar-refractivity contribution in [3.05, 3.63) is 42.5 Å². The fourth-order valence-corrected chi connectivity index (χ4v) is 2.29. The summed E-state index contributed by atoms with van der Waals surface area (Å²) >= 11 is 0. The van der Waals surface area contributed by atoms with E-state index in [2.05, 4.69) is 34.3 Å². The first kappa shape index (κ1) is 17.7. The van der Waals surface area contributed by atoms with Gasteiger partial charge in [-0.25, -0.2) is 0 Å². The Balaban J connectivity index is 1.87. The van der Waals surface area contributed by atoms with Crippen LogP contribution in [0.3, 0.4) is 0 Å². The van der Waals surface area contributed by atoms with Crippen LogP contribution in [0.1, 0.15) is 26.7 Å². The Bertz CT molecular complexity index is 611. The molecule has 6 nitrogen and oxygen atoms in total. The summed E-state index contributed by atoms with van der Waals surface area (Å²) in [6.45, 7) is 6.10. The Morgan fingerprint density at radius 1 is 1.04 bits per heavy atom. The van der Waals surface area contributed by atoms with Crippen LogP contribution in [0.25, 0.3) is 0 Å². The summed E-state index contributed by atoms with van der Waals surface area (Å²) in [7, 11) is 0. The number of anilines is 2. The molecule has 0 aliphatic carbocycles. The quantitative estimate of drug-likeness (QED) is 0.766. The van der Waals surface area contributed by atoms with E-state index < -0.39 is 0 Å². The summed E-state index contributed by atoms with van der Waals surface area (Å²) in [4.78, 5) is 14.1. The highest BCUT2D eigenvalue weighted by atomic mass is 16.5. The number of carbonyl (C=O) groups is 1. The molecule has 0 saturated heterocycles. The molecule has 1 amide bonds. The van der Waals surface area contributed by atoms with Crippen molar-refractivity contribution in [2.75, 3.05) is 29.9 Å². The second kappa shape index (κ2) is 9.50. The smallest absolute Gasteiger partial charge is 0.263 e. The number of hydrogen-bond donors (Lipinski definition) is 1. The molecule has 0 fully saturated rings. The van der Waals surface area contributed by atoms with Crippen molar-refractivity contribution in [3.63, 3.8) is 0 Å². The maximum absolute atomic E-state index is 11.9. The first-order valence-corrected chi connectivity index (χ1v) is 8.29. The van der Waals surface area contributed by atoms with Gasteiger partial charge in [0.1, 0.15) is 5.75 Å². The first-order chi connectivity index (χ1) is 11.7. The number of aromatic nitrogens is 2. The minimum Gasteiger partial charge on any atom is -0.484 e. The molecule has 24 heavy (non-hydrogen) atoms. The lowest BCUT2D eigenvalue weighted by atomic mass is 10.3. The van der Waals surface area contributed by atoms with Gasteiger partial charge in [0.15, 0.2) is 18.2 Å². The van der Waals surface area contributed by atoms with Gasteiger partial charge in [-0.2, -0.15) is 0 Å². The van der Waals surface area contributed by atoms with Crippen molar-refractivity contribution in [1.82, 2.24) is 10.2 Å². The Kier molecular flexibility index (Phi) is 7.01. The van der Waals surface area contributed by atoms with Crippen molar-refractivity contribution in [1.29, 1.82) is 0 Å². The summed E-state index contributed by atoms with van der Waals surface area (Å²) in [5.74, 6) is 1.65. The number of nitrogens with zero attached hydrogens (tertiary/aromatic N) is 3. The van der Waals surface area contributed by atoms with E-state index in [0.717, 1.165) is 31.7 Å². The fourth-order valence-electron chi connectivity index (χ4n) is 2.29. The van der Waals surface area contributed by atoms with Crippen LogP contribution >= 0.6 is 0 Å². The van der Waals surface area contributed by atoms with Gasteiger partial charge in [0, 0.05) is 13.1 Å². The van der Waals surface area contributed by atoms with Crippen molar-refractivity contribution < 1.29 is 9.53 Å². The van der Waals surface area contributed by atoms with E-state index in [9.17, 15) is 4.79 Å². The minimum absolute atomic E-state index is 0.0642. The third kappa shape index (κ3) is 5.53. The predicted molar refractivity (Wildman–Crippen MR) is 95.4 cm³/mol. The van der Waals surface area contributed by atoms with Crippen LogP contribution in [0, 0.1) is 0 Å². The molecule has 2 aromatic rings. The maximum Gasteiger partial charge on any atom is 0.263 e. The number of carbonyl (C=O) groups excluding carboxylic acids is 1. The molecular formula is C18H24N4O2. The third-order valence-electron chi connectivity index (χ3n) is 3.34. The van der Waals surface area contributed by atoms with E-state index in [0.29, 0.717) is 11.6 Å². The highest BCUT2D eigenvalue weighted by Crippen LogP contribution is 2.13. The maximum atomic E-state index is 11.9. The molecule has 1 aromatic heterocycles. The Morgan fingerprint density at radius 2 is 1.75 bits per heavy atom. The van der Waals surface area contributed by atoms with E-state index in [-0.39, 0.29) is 12.5 Å². The molecule has 0 aliphatic rings. The van der Waals surface area contributed by atoms with Crippen LogP contribution in [0.4, 0.5) is 11.6 Å². The van der Waals surface area contributed by atoms with Crippen molar-refractivity contribution >= 4 is 17.5 Å². The number of para-hydroxylation sites is 1. The molecule has 0 unspecified atom stereocenters. The lowest BCUT2D eigenvalue weighted by molar-refractivity contribution is -0.118. The average Bonchev–Trinajstić information content (AvgIpc) is 2.61. The van der Waals surface area contributed by atoms with Gasteiger partial charge in [-0.15, -0.1) is 10.2 Å². The van der Waals surface area contributed by atoms with E-state index in [1.54, 1.807) is 18.2 Å². The average molecular weight is 328 g/mol. The van der Waals surface area contributed by atoms with Gasteiger partial charge in [-0.1, -0.05) is 32.0 Å². The van der Waals surface area contributed by atoms with E-state index in [1.165, 1.54) is 0 Å². The molecule has 1 heterocycles. The lowest BCUT2D eigenvalue weighted by Crippen LogP contribution is -2.26. The van der Waals surface area contributed by atoms with Crippen LogP contribution in [-0.2, 0) is 4.79 Å². The summed E-state index contributed by atoms with van der Waals surface area (Å²) in [6, 6.07) is 12.9. The van der Waals surface area contributed by atoms with E-state index in [4.69, 9.17) is 4.74 Å². The number of nitrogens with one attached hydrogen (secondary N) is 1. The zero-order valence-corrected chi connectivity index (χ0v) is 14.2. The summed E-state index contributed by atoms with van der Waals surface area (Å²) in [6.07, 6.45) is 2.11. The summed E-state index contributed by atoms with van der Waals surface area (Å²) < 4.78 is 5.40. The second-order valence-corrected chi connectivity index (χ2v) is 5.41. The summed E-state index contributed by atoms with van der Waals surface area (Å²) in [5, 5.41) is 11.0. The zero-order chi connectivity index (χ0) is 17.2.